The van der Waals surface area contributed by atoms with Crippen molar-refractivity contribution in [3.05, 3.63) is 84.9 Å². The monoisotopic (exact) mass is 606 g/mol. The normalized spacial score (nSPS) is 14.6. The third-order valence-corrected chi connectivity index (χ3v) is 9.45. The molecule has 1 heterocycles. The Morgan fingerprint density at radius 2 is 1.63 bits per heavy atom. The second-order valence-corrected chi connectivity index (χ2v) is 12.5. The molecule has 3 aromatic rings. The summed E-state index contributed by atoms with van der Waals surface area (Å²) in [5.74, 6) is -1.91. The summed E-state index contributed by atoms with van der Waals surface area (Å²) < 4.78 is 34.3. The fraction of sp³-hybridized carbons (Fsp3) is 0.344. The molecule has 1 aliphatic rings. The predicted octanol–water partition coefficient (Wildman–Crippen LogP) is 3.18. The van der Waals surface area contributed by atoms with E-state index < -0.39 is 21.9 Å². The summed E-state index contributed by atoms with van der Waals surface area (Å²) in [5, 5.41) is 4.13. The summed E-state index contributed by atoms with van der Waals surface area (Å²) in [6, 6.07) is 20.1. The Morgan fingerprint density at radius 3 is 2.30 bits per heavy atom. The lowest BCUT2D eigenvalue weighted by Crippen LogP contribution is -2.52. The number of hydrogen-bond acceptors (Lipinski definition) is 7. The first-order valence-corrected chi connectivity index (χ1v) is 15.6. The van der Waals surface area contributed by atoms with Crippen molar-refractivity contribution in [3.8, 4) is 0 Å². The molecule has 2 amide bonds. The zero-order chi connectivity index (χ0) is 31.0. The van der Waals surface area contributed by atoms with Crippen LogP contribution in [-0.2, 0) is 35.8 Å². The van der Waals surface area contributed by atoms with Crippen molar-refractivity contribution in [1.29, 1.82) is 0 Å². The van der Waals surface area contributed by atoms with Crippen LogP contribution in [0.4, 0.5) is 5.69 Å². The number of nitrogens with zero attached hydrogens (tertiary/aromatic N) is 3. The molecular formula is C32H38N4O6S. The lowest BCUT2D eigenvalue weighted by molar-refractivity contribution is -0.150. The van der Waals surface area contributed by atoms with Crippen LogP contribution in [0.2, 0.25) is 0 Å². The average molecular weight is 607 g/mol. The van der Waals surface area contributed by atoms with Crippen LogP contribution < -0.4 is 10.2 Å². The van der Waals surface area contributed by atoms with Gasteiger partial charge in [0.05, 0.1) is 17.2 Å². The van der Waals surface area contributed by atoms with E-state index in [-0.39, 0.29) is 68.9 Å². The zero-order valence-corrected chi connectivity index (χ0v) is 25.4. The van der Waals surface area contributed by atoms with Gasteiger partial charge in [-0.25, -0.2) is 8.42 Å². The number of hydrogen-bond donors (Lipinski definition) is 1. The summed E-state index contributed by atoms with van der Waals surface area (Å²) in [7, 11) is -0.00894. The van der Waals surface area contributed by atoms with Crippen molar-refractivity contribution >= 4 is 44.3 Å². The van der Waals surface area contributed by atoms with E-state index in [2.05, 4.69) is 11.9 Å². The van der Waals surface area contributed by atoms with Crippen LogP contribution in [0.5, 0.6) is 0 Å². The fourth-order valence-electron chi connectivity index (χ4n) is 5.18. The number of carbonyl (C=O) groups excluding carboxylic acids is 3. The van der Waals surface area contributed by atoms with Gasteiger partial charge in [-0.15, -0.1) is 0 Å². The second-order valence-electron chi connectivity index (χ2n) is 10.6. The molecule has 4 rings (SSSR count). The topological polar surface area (TPSA) is 116 Å². The molecular weight excluding hydrogens is 568 g/mol. The molecule has 1 N–H and O–H groups in total. The fourth-order valence-corrected chi connectivity index (χ4v) is 6.81. The van der Waals surface area contributed by atoms with Crippen LogP contribution >= 0.6 is 0 Å². The number of rotatable bonds is 12. The van der Waals surface area contributed by atoms with Gasteiger partial charge in [0.1, 0.15) is 6.61 Å². The van der Waals surface area contributed by atoms with Crippen molar-refractivity contribution in [2.45, 2.75) is 24.3 Å². The number of sulfonamides is 1. The summed E-state index contributed by atoms with van der Waals surface area (Å²) in [6.07, 6.45) is 1.21. The first-order valence-electron chi connectivity index (χ1n) is 14.2. The van der Waals surface area contributed by atoms with Crippen LogP contribution in [0.15, 0.2) is 84.3 Å². The zero-order valence-electron chi connectivity index (χ0n) is 24.6. The largest absolute Gasteiger partial charge is 0.461 e. The lowest BCUT2D eigenvalue weighted by Gasteiger charge is -2.36. The summed E-state index contributed by atoms with van der Waals surface area (Å²) in [5.41, 5.74) is 1.75. The highest BCUT2D eigenvalue weighted by atomic mass is 32.2. The summed E-state index contributed by atoms with van der Waals surface area (Å²) in [6.45, 7) is 4.30. The molecule has 11 heteroatoms. The molecule has 0 unspecified atom stereocenters. The van der Waals surface area contributed by atoms with E-state index in [1.165, 1.54) is 4.31 Å². The molecule has 3 aromatic carbocycles. The number of esters is 1. The van der Waals surface area contributed by atoms with E-state index >= 15 is 0 Å². The van der Waals surface area contributed by atoms with Crippen molar-refractivity contribution in [2.75, 3.05) is 51.7 Å². The lowest BCUT2D eigenvalue weighted by atomic mass is 9.99. The Kier molecular flexibility index (Phi) is 10.5. The first-order chi connectivity index (χ1) is 20.6. The highest BCUT2D eigenvalue weighted by molar-refractivity contribution is 7.89. The molecule has 10 nitrogen and oxygen atoms in total. The van der Waals surface area contributed by atoms with Crippen LogP contribution in [0.3, 0.4) is 0 Å². The van der Waals surface area contributed by atoms with Gasteiger partial charge in [0, 0.05) is 63.3 Å². The Morgan fingerprint density at radius 1 is 0.953 bits per heavy atom. The van der Waals surface area contributed by atoms with Crippen molar-refractivity contribution in [3.63, 3.8) is 0 Å². The van der Waals surface area contributed by atoms with Gasteiger partial charge in [-0.1, -0.05) is 61.2 Å². The summed E-state index contributed by atoms with van der Waals surface area (Å²) in [4.78, 5) is 41.7. The van der Waals surface area contributed by atoms with E-state index in [0.717, 1.165) is 22.7 Å². The second kappa shape index (κ2) is 14.3. The Labute approximate surface area is 253 Å². The highest BCUT2D eigenvalue weighted by Crippen LogP contribution is 2.32. The Balaban J connectivity index is 1.43. The van der Waals surface area contributed by atoms with Crippen molar-refractivity contribution in [1.82, 2.24) is 14.5 Å². The molecule has 1 atom stereocenters. The Bertz CT molecular complexity index is 1570. The van der Waals surface area contributed by atoms with E-state index in [1.807, 2.05) is 73.6 Å². The maximum Gasteiger partial charge on any atom is 0.306 e. The number of carbonyl (C=O) groups is 3. The van der Waals surface area contributed by atoms with Gasteiger partial charge in [-0.05, 0) is 30.2 Å². The number of amides is 2. The Hall–Kier alpha value is -4.22. The third-order valence-electron chi connectivity index (χ3n) is 7.49. The number of anilines is 1. The van der Waals surface area contributed by atoms with E-state index in [9.17, 15) is 22.8 Å². The van der Waals surface area contributed by atoms with Crippen LogP contribution in [0, 0.1) is 5.92 Å². The molecule has 0 saturated carbocycles. The molecule has 0 aromatic heterocycles. The molecule has 1 saturated heterocycles. The minimum atomic E-state index is -3.83. The van der Waals surface area contributed by atoms with Gasteiger partial charge in [0.25, 0.3) is 0 Å². The predicted molar refractivity (Wildman–Crippen MR) is 166 cm³/mol. The summed E-state index contributed by atoms with van der Waals surface area (Å²) >= 11 is 0. The molecule has 0 spiro atoms. The number of piperazine rings is 1. The molecule has 0 aliphatic carbocycles. The van der Waals surface area contributed by atoms with Crippen molar-refractivity contribution < 1.29 is 27.5 Å². The smallest absolute Gasteiger partial charge is 0.306 e. The van der Waals surface area contributed by atoms with E-state index in [1.54, 1.807) is 17.0 Å². The van der Waals surface area contributed by atoms with Gasteiger partial charge >= 0.3 is 5.97 Å². The van der Waals surface area contributed by atoms with E-state index in [4.69, 9.17) is 4.74 Å². The van der Waals surface area contributed by atoms with Gasteiger partial charge in [-0.3, -0.25) is 14.4 Å². The first kappa shape index (κ1) is 31.7. The highest BCUT2D eigenvalue weighted by Gasteiger charge is 2.34. The number of benzene rings is 3. The SMILES string of the molecule is C=CC(=O)NCC[C@H](CC(=O)OCc1ccccc1)C(=O)N1CCN(S(=O)(=O)c2cccc3c(N(C)C)cccc23)CC1. The molecule has 228 valence electrons. The molecule has 0 radical (unpaired) electrons. The van der Waals surface area contributed by atoms with Gasteiger partial charge < -0.3 is 19.9 Å². The van der Waals surface area contributed by atoms with E-state index in [0.29, 0.717) is 5.39 Å². The third kappa shape index (κ3) is 7.79. The minimum Gasteiger partial charge on any atom is -0.461 e. The van der Waals surface area contributed by atoms with Gasteiger partial charge in [0.2, 0.25) is 21.8 Å². The van der Waals surface area contributed by atoms with Crippen molar-refractivity contribution in [2.24, 2.45) is 5.92 Å². The molecule has 1 aliphatic heterocycles. The molecule has 1 fully saturated rings. The number of fused-ring (bicyclic) bond motifs is 1. The average Bonchev–Trinajstić information content (AvgIpc) is 3.02. The minimum absolute atomic E-state index is 0.0918. The standard InChI is InChI=1S/C32H38N4O6S/c1-4-30(37)33-17-16-25(22-31(38)42-23-24-10-6-5-7-11-24)32(39)35-18-20-36(21-19-35)43(40,41)29-15-9-12-26-27(29)13-8-14-28(26)34(2)3/h4-15,25H,1,16-23H2,2-3H3,(H,33,37)/t25-/m1/s1. The van der Waals surface area contributed by atoms with Gasteiger partial charge in [0.15, 0.2) is 0 Å². The number of ether oxygens (including phenoxy) is 1. The van der Waals surface area contributed by atoms with Crippen LogP contribution in [0.1, 0.15) is 18.4 Å². The maximum absolute atomic E-state index is 13.8. The number of nitrogens with one attached hydrogen (secondary N) is 1. The quantitative estimate of drug-likeness (QED) is 0.249. The molecule has 0 bridgehead atoms. The van der Waals surface area contributed by atoms with Gasteiger partial charge in [-0.2, -0.15) is 4.31 Å². The molecule has 43 heavy (non-hydrogen) atoms. The van der Waals surface area contributed by atoms with Crippen LogP contribution in [0.25, 0.3) is 10.8 Å². The maximum atomic E-state index is 13.8. The van der Waals surface area contributed by atoms with Crippen LogP contribution in [-0.4, -0.2) is 82.2 Å².